The number of carboxylic acid groups (broad SMARTS) is 1. The van der Waals surface area contributed by atoms with Gasteiger partial charge in [-0.1, -0.05) is 12.8 Å². The molecule has 1 aliphatic heterocycles. The number of hydrogen-bond acceptors (Lipinski definition) is 5. The molecule has 2 saturated carbocycles. The van der Waals surface area contributed by atoms with E-state index in [1.165, 1.54) is 0 Å². The molecule has 0 bridgehead atoms. The Morgan fingerprint density at radius 1 is 1.16 bits per heavy atom. The Labute approximate surface area is 181 Å². The average molecular weight is 436 g/mol. The summed E-state index contributed by atoms with van der Waals surface area (Å²) in [5, 5.41) is 14.6. The van der Waals surface area contributed by atoms with Crippen LogP contribution in [0.4, 0.5) is 0 Å². The number of aliphatic carboxylic acids is 1. The highest BCUT2D eigenvalue weighted by Crippen LogP contribution is 2.36. The first kappa shape index (κ1) is 22.9. The maximum Gasteiger partial charge on any atom is 0.305 e. The SMILES string of the molecule is NC(N)=NC1CCCC(C(=O)NCC(=O)NC(CC(=O)O)C2=CC3CCCCC3O2)C1. The molecule has 31 heavy (non-hydrogen) atoms. The average Bonchev–Trinajstić information content (AvgIpc) is 3.15. The smallest absolute Gasteiger partial charge is 0.305 e. The van der Waals surface area contributed by atoms with Crippen LogP contribution in [0.15, 0.2) is 16.8 Å². The Kier molecular flexibility index (Phi) is 7.75. The maximum absolute atomic E-state index is 12.5. The van der Waals surface area contributed by atoms with E-state index >= 15 is 0 Å². The summed E-state index contributed by atoms with van der Waals surface area (Å²) in [6.07, 6.45) is 8.85. The number of hydrogen-bond donors (Lipinski definition) is 5. The molecule has 0 aromatic rings. The van der Waals surface area contributed by atoms with Crippen LogP contribution in [0.2, 0.25) is 0 Å². The molecule has 2 fully saturated rings. The molecule has 0 aromatic heterocycles. The number of carboxylic acids is 1. The van der Waals surface area contributed by atoms with Crippen LogP contribution in [-0.4, -0.2) is 53.6 Å². The summed E-state index contributed by atoms with van der Waals surface area (Å²) >= 11 is 0. The lowest BCUT2D eigenvalue weighted by molar-refractivity contribution is -0.138. The van der Waals surface area contributed by atoms with Crippen molar-refractivity contribution in [2.24, 2.45) is 28.3 Å². The monoisotopic (exact) mass is 435 g/mol. The Bertz CT molecular complexity index is 748. The second kappa shape index (κ2) is 10.5. The van der Waals surface area contributed by atoms with Crippen molar-refractivity contribution in [1.82, 2.24) is 10.6 Å². The highest BCUT2D eigenvalue weighted by molar-refractivity contribution is 5.86. The lowest BCUT2D eigenvalue weighted by Crippen LogP contribution is -2.45. The summed E-state index contributed by atoms with van der Waals surface area (Å²) in [6.45, 7) is -0.224. The van der Waals surface area contributed by atoms with E-state index < -0.39 is 17.9 Å². The molecule has 10 heteroatoms. The Hall–Kier alpha value is -2.78. The minimum absolute atomic E-state index is 0.0122. The van der Waals surface area contributed by atoms with Gasteiger partial charge in [-0.25, -0.2) is 0 Å². The van der Waals surface area contributed by atoms with Crippen LogP contribution in [0.1, 0.15) is 57.8 Å². The fraction of sp³-hybridized carbons (Fsp3) is 0.714. The molecule has 2 amide bonds. The highest BCUT2D eigenvalue weighted by Gasteiger charge is 2.35. The van der Waals surface area contributed by atoms with Crippen molar-refractivity contribution in [2.75, 3.05) is 6.54 Å². The van der Waals surface area contributed by atoms with Crippen LogP contribution in [0, 0.1) is 11.8 Å². The van der Waals surface area contributed by atoms with Gasteiger partial charge in [0.2, 0.25) is 11.8 Å². The van der Waals surface area contributed by atoms with Crippen LogP contribution >= 0.6 is 0 Å². The van der Waals surface area contributed by atoms with Crippen molar-refractivity contribution in [3.8, 4) is 0 Å². The zero-order valence-corrected chi connectivity index (χ0v) is 17.7. The molecule has 5 unspecified atom stereocenters. The minimum Gasteiger partial charge on any atom is -0.492 e. The van der Waals surface area contributed by atoms with Crippen molar-refractivity contribution in [2.45, 2.75) is 76.0 Å². The fourth-order valence-corrected chi connectivity index (χ4v) is 4.77. The van der Waals surface area contributed by atoms with E-state index in [1.807, 2.05) is 6.08 Å². The van der Waals surface area contributed by atoms with Crippen LogP contribution in [0.25, 0.3) is 0 Å². The largest absolute Gasteiger partial charge is 0.492 e. The molecule has 0 aromatic carbocycles. The molecule has 172 valence electrons. The van der Waals surface area contributed by atoms with Crippen molar-refractivity contribution < 1.29 is 24.2 Å². The normalized spacial score (nSPS) is 28.3. The molecule has 2 aliphatic carbocycles. The third-order valence-corrected chi connectivity index (χ3v) is 6.25. The first-order valence-corrected chi connectivity index (χ1v) is 11.1. The van der Waals surface area contributed by atoms with Gasteiger partial charge in [0.05, 0.1) is 25.0 Å². The number of carbonyl (C=O) groups is 3. The van der Waals surface area contributed by atoms with Crippen molar-refractivity contribution in [1.29, 1.82) is 0 Å². The van der Waals surface area contributed by atoms with Gasteiger partial charge in [0.1, 0.15) is 11.9 Å². The zero-order chi connectivity index (χ0) is 22.4. The van der Waals surface area contributed by atoms with Crippen molar-refractivity contribution in [3.63, 3.8) is 0 Å². The van der Waals surface area contributed by atoms with E-state index in [0.717, 1.165) is 44.9 Å². The Morgan fingerprint density at radius 3 is 2.65 bits per heavy atom. The molecule has 1 heterocycles. The predicted octanol–water partition coefficient (Wildman–Crippen LogP) is 0.367. The number of nitrogens with zero attached hydrogens (tertiary/aromatic N) is 1. The van der Waals surface area contributed by atoms with Crippen LogP contribution in [0.3, 0.4) is 0 Å². The van der Waals surface area contributed by atoms with E-state index in [9.17, 15) is 19.5 Å². The number of nitrogens with one attached hydrogen (secondary N) is 2. The number of amides is 2. The quantitative estimate of drug-likeness (QED) is 0.271. The fourth-order valence-electron chi connectivity index (χ4n) is 4.77. The number of fused-ring (bicyclic) bond motifs is 1. The molecule has 0 spiro atoms. The van der Waals surface area contributed by atoms with Crippen LogP contribution in [-0.2, 0) is 19.1 Å². The van der Waals surface area contributed by atoms with Crippen molar-refractivity contribution >= 4 is 23.7 Å². The first-order chi connectivity index (χ1) is 14.8. The highest BCUT2D eigenvalue weighted by atomic mass is 16.5. The number of ether oxygens (including phenoxy) is 1. The first-order valence-electron chi connectivity index (χ1n) is 11.1. The van der Waals surface area contributed by atoms with Gasteiger partial charge in [0.25, 0.3) is 0 Å². The molecule has 10 nitrogen and oxygen atoms in total. The number of carbonyl (C=O) groups excluding carboxylic acids is 2. The van der Waals surface area contributed by atoms with Gasteiger partial charge in [-0.05, 0) is 44.6 Å². The molecule has 3 aliphatic rings. The number of rotatable bonds is 8. The van der Waals surface area contributed by atoms with E-state index in [0.29, 0.717) is 12.2 Å². The van der Waals surface area contributed by atoms with E-state index in [-0.39, 0.29) is 48.8 Å². The van der Waals surface area contributed by atoms with Gasteiger partial charge in [0, 0.05) is 11.8 Å². The van der Waals surface area contributed by atoms with Crippen molar-refractivity contribution in [3.05, 3.63) is 11.8 Å². The molecular formula is C21H33N5O5. The third kappa shape index (κ3) is 6.60. The topological polar surface area (TPSA) is 169 Å². The van der Waals surface area contributed by atoms with Crippen LogP contribution < -0.4 is 22.1 Å². The summed E-state index contributed by atoms with van der Waals surface area (Å²) in [7, 11) is 0. The van der Waals surface area contributed by atoms with E-state index in [2.05, 4.69) is 15.6 Å². The summed E-state index contributed by atoms with van der Waals surface area (Å²) in [6, 6.07) is -0.827. The summed E-state index contributed by atoms with van der Waals surface area (Å²) in [5.74, 6) is -1.14. The molecule has 0 radical (unpaired) electrons. The molecular weight excluding hydrogens is 402 g/mol. The molecule has 5 atom stereocenters. The minimum atomic E-state index is -1.03. The van der Waals surface area contributed by atoms with E-state index in [4.69, 9.17) is 16.2 Å². The maximum atomic E-state index is 12.5. The zero-order valence-electron chi connectivity index (χ0n) is 17.7. The van der Waals surface area contributed by atoms with Gasteiger partial charge in [-0.2, -0.15) is 0 Å². The summed E-state index contributed by atoms with van der Waals surface area (Å²) < 4.78 is 5.96. The Balaban J connectivity index is 1.51. The third-order valence-electron chi connectivity index (χ3n) is 6.25. The van der Waals surface area contributed by atoms with E-state index in [1.54, 1.807) is 0 Å². The van der Waals surface area contributed by atoms with Gasteiger partial charge in [-0.3, -0.25) is 19.4 Å². The standard InChI is InChI=1S/C21H33N5O5/c22-21(23)25-14-6-3-5-13(8-14)20(30)24-11-18(27)26-15(10-19(28)29)17-9-12-4-1-2-7-16(12)31-17/h9,12-16H,1-8,10-11H2,(H,24,30)(H,26,27)(H,28,29)(H4,22,23,25). The second-order valence-electron chi connectivity index (χ2n) is 8.68. The predicted molar refractivity (Wildman–Crippen MR) is 114 cm³/mol. The van der Waals surface area contributed by atoms with Gasteiger partial charge < -0.3 is 31.9 Å². The van der Waals surface area contributed by atoms with Gasteiger partial charge >= 0.3 is 5.97 Å². The molecule has 7 N–H and O–H groups in total. The van der Waals surface area contributed by atoms with Gasteiger partial charge in [-0.15, -0.1) is 0 Å². The van der Waals surface area contributed by atoms with Crippen LogP contribution in [0.5, 0.6) is 0 Å². The second-order valence-corrected chi connectivity index (χ2v) is 8.68. The van der Waals surface area contributed by atoms with Gasteiger partial charge in [0.15, 0.2) is 5.96 Å². The summed E-state index contributed by atoms with van der Waals surface area (Å²) in [4.78, 5) is 40.4. The number of aliphatic imine (C=N–C) groups is 1. The molecule has 0 saturated heterocycles. The molecule has 3 rings (SSSR count). The Morgan fingerprint density at radius 2 is 1.94 bits per heavy atom. The number of guanidine groups is 1. The lowest BCUT2D eigenvalue weighted by Gasteiger charge is -2.26. The summed E-state index contributed by atoms with van der Waals surface area (Å²) in [5.41, 5.74) is 10.9. The number of nitrogens with two attached hydrogens (primary N) is 2. The lowest BCUT2D eigenvalue weighted by atomic mass is 9.85.